The van der Waals surface area contributed by atoms with Crippen LogP contribution in [-0.2, 0) is 33.3 Å². The maximum absolute atomic E-state index is 12.8. The molecule has 0 saturated carbocycles. The minimum absolute atomic E-state index is 0.173. The van der Waals surface area contributed by atoms with Gasteiger partial charge in [0.05, 0.1) is 34.4 Å². The molecule has 0 rings (SSSR count). The molecule has 1 N–H and O–H groups in total. The minimum Gasteiger partial charge on any atom is -0.477 e. The van der Waals surface area contributed by atoms with Gasteiger partial charge >= 0.3 is 17.9 Å². The van der Waals surface area contributed by atoms with Crippen LogP contribution in [0.5, 0.6) is 0 Å². The van der Waals surface area contributed by atoms with Crippen LogP contribution in [0.1, 0.15) is 264 Å². The Hall–Kier alpha value is -1.71. The van der Waals surface area contributed by atoms with Crippen LogP contribution in [0, 0.1) is 0 Å². The molecule has 0 heterocycles. The zero-order chi connectivity index (χ0) is 45.6. The van der Waals surface area contributed by atoms with Gasteiger partial charge in [0.1, 0.15) is 13.2 Å². The number of ether oxygens (including phenoxy) is 4. The average Bonchev–Trinajstić information content (AvgIpc) is 3.23. The number of unbranched alkanes of at least 4 members (excludes halogenated alkanes) is 35. The Labute approximate surface area is 383 Å². The number of carbonyl (C=O) groups excluding carboxylic acids is 2. The summed E-state index contributed by atoms with van der Waals surface area (Å²) < 4.78 is 22.9. The second-order valence-corrected chi connectivity index (χ2v) is 19.6. The van der Waals surface area contributed by atoms with Crippen molar-refractivity contribution in [1.82, 2.24) is 0 Å². The van der Waals surface area contributed by atoms with E-state index in [9.17, 15) is 19.5 Å². The van der Waals surface area contributed by atoms with Crippen LogP contribution in [0.3, 0.4) is 0 Å². The molecule has 0 aromatic rings. The molecule has 0 saturated heterocycles. The third kappa shape index (κ3) is 46.3. The van der Waals surface area contributed by atoms with Gasteiger partial charge in [-0.1, -0.05) is 239 Å². The van der Waals surface area contributed by atoms with Gasteiger partial charge in [0.15, 0.2) is 6.10 Å². The van der Waals surface area contributed by atoms with Gasteiger partial charge in [0, 0.05) is 12.8 Å². The van der Waals surface area contributed by atoms with Crippen molar-refractivity contribution in [3.05, 3.63) is 0 Å². The largest absolute Gasteiger partial charge is 0.477 e. The van der Waals surface area contributed by atoms with Gasteiger partial charge in [-0.2, -0.15) is 0 Å². The van der Waals surface area contributed by atoms with Gasteiger partial charge in [0.25, 0.3) is 6.29 Å². The molecule has 0 aliphatic carbocycles. The zero-order valence-corrected chi connectivity index (χ0v) is 41.8. The monoisotopic (exact) mass is 883 g/mol. The van der Waals surface area contributed by atoms with E-state index in [1.54, 1.807) is 0 Å². The number of rotatable bonds is 50. The first-order valence-corrected chi connectivity index (χ1v) is 26.7. The van der Waals surface area contributed by atoms with Gasteiger partial charge in [-0.15, -0.1) is 0 Å². The second-order valence-electron chi connectivity index (χ2n) is 19.6. The summed E-state index contributed by atoms with van der Waals surface area (Å²) in [6, 6.07) is 0. The van der Waals surface area contributed by atoms with Crippen LogP contribution in [-0.4, -0.2) is 87.4 Å². The fraction of sp³-hybridized carbons (Fsp3) is 0.943. The van der Waals surface area contributed by atoms with Crippen LogP contribution >= 0.6 is 0 Å². The van der Waals surface area contributed by atoms with Crippen molar-refractivity contribution in [1.29, 1.82) is 0 Å². The Bertz CT molecular complexity index is 985. The molecule has 0 aliphatic rings. The van der Waals surface area contributed by atoms with Gasteiger partial charge in [-0.25, -0.2) is 4.79 Å². The lowest BCUT2D eigenvalue weighted by Gasteiger charge is -2.25. The molecule has 62 heavy (non-hydrogen) atoms. The van der Waals surface area contributed by atoms with E-state index in [1.165, 1.54) is 199 Å². The first kappa shape index (κ1) is 60.3. The fourth-order valence-corrected chi connectivity index (χ4v) is 7.96. The van der Waals surface area contributed by atoms with Crippen molar-refractivity contribution in [3.8, 4) is 0 Å². The molecule has 0 spiro atoms. The van der Waals surface area contributed by atoms with Crippen molar-refractivity contribution in [2.24, 2.45) is 0 Å². The van der Waals surface area contributed by atoms with Crippen molar-refractivity contribution in [2.45, 2.75) is 277 Å². The maximum atomic E-state index is 12.8. The van der Waals surface area contributed by atoms with Crippen molar-refractivity contribution in [3.63, 3.8) is 0 Å². The summed E-state index contributed by atoms with van der Waals surface area (Å²) in [5.74, 6) is -1.98. The quantitative estimate of drug-likeness (QED) is 0.0278. The lowest BCUT2D eigenvalue weighted by Crippen LogP contribution is -2.40. The molecule has 0 amide bonds. The van der Waals surface area contributed by atoms with E-state index in [1.807, 2.05) is 21.1 Å². The maximum Gasteiger partial charge on any atom is 0.361 e. The lowest BCUT2D eigenvalue weighted by atomic mass is 10.0. The molecule has 0 aromatic carbocycles. The fourth-order valence-electron chi connectivity index (χ4n) is 7.96. The normalized spacial score (nSPS) is 12.7. The third-order valence-corrected chi connectivity index (χ3v) is 12.1. The minimum atomic E-state index is -1.50. The summed E-state index contributed by atoms with van der Waals surface area (Å²) in [6.45, 7) is 4.94. The van der Waals surface area contributed by atoms with E-state index in [4.69, 9.17) is 18.9 Å². The van der Waals surface area contributed by atoms with Crippen LogP contribution < -0.4 is 0 Å². The Kier molecular flexibility index (Phi) is 44.6. The predicted molar refractivity (Wildman–Crippen MR) is 258 cm³/mol. The number of carbonyl (C=O) groups is 3. The number of carboxylic acid groups (broad SMARTS) is 1. The highest BCUT2D eigenvalue weighted by Gasteiger charge is 2.25. The van der Waals surface area contributed by atoms with Crippen molar-refractivity contribution < 1.29 is 42.9 Å². The molecule has 2 atom stereocenters. The van der Waals surface area contributed by atoms with E-state index >= 15 is 0 Å². The highest BCUT2D eigenvalue weighted by Crippen LogP contribution is 2.17. The number of hydrogen-bond acceptors (Lipinski definition) is 7. The summed E-state index contributed by atoms with van der Waals surface area (Å²) in [5, 5.41) is 9.67. The Balaban J connectivity index is 4.26. The Morgan fingerprint density at radius 3 is 1.03 bits per heavy atom. The van der Waals surface area contributed by atoms with E-state index in [0.717, 1.165) is 38.5 Å². The number of esters is 2. The second kappa shape index (κ2) is 45.8. The average molecular weight is 883 g/mol. The summed E-state index contributed by atoms with van der Waals surface area (Å²) in [6.07, 6.45) is 45.9. The highest BCUT2D eigenvalue weighted by atomic mass is 16.7. The Morgan fingerprint density at radius 2 is 0.726 bits per heavy atom. The SMILES string of the molecule is CCCCCCCCCCCCCCCCCCCCCC(=O)OC(COC(=O)CCCCCCCCCCCCCCCCCCCC)COC(OCC[N+](C)(C)C)C(=O)O. The number of carboxylic acids is 1. The Morgan fingerprint density at radius 1 is 0.419 bits per heavy atom. The van der Waals surface area contributed by atoms with Crippen molar-refractivity contribution in [2.75, 3.05) is 47.5 Å². The first-order chi connectivity index (χ1) is 30.1. The number of likely N-dealkylation sites (N-methyl/N-ethyl adjacent to an activating group) is 1. The lowest BCUT2D eigenvalue weighted by molar-refractivity contribution is -0.870. The van der Waals surface area contributed by atoms with Crippen LogP contribution in [0.2, 0.25) is 0 Å². The van der Waals surface area contributed by atoms with Gasteiger partial charge in [-0.05, 0) is 12.8 Å². The molecule has 0 bridgehead atoms. The van der Waals surface area contributed by atoms with E-state index in [-0.39, 0.29) is 38.2 Å². The summed E-state index contributed by atoms with van der Waals surface area (Å²) in [4.78, 5) is 37.3. The topological polar surface area (TPSA) is 108 Å². The van der Waals surface area contributed by atoms with E-state index < -0.39 is 18.4 Å². The molecule has 9 heteroatoms. The van der Waals surface area contributed by atoms with Crippen LogP contribution in [0.25, 0.3) is 0 Å². The van der Waals surface area contributed by atoms with Crippen LogP contribution in [0.4, 0.5) is 0 Å². The zero-order valence-electron chi connectivity index (χ0n) is 41.8. The summed E-state index contributed by atoms with van der Waals surface area (Å²) in [5.41, 5.74) is 0. The number of hydrogen-bond donors (Lipinski definition) is 1. The highest BCUT2D eigenvalue weighted by molar-refractivity contribution is 5.71. The van der Waals surface area contributed by atoms with Crippen molar-refractivity contribution >= 4 is 17.9 Å². The molecule has 0 radical (unpaired) electrons. The molecule has 0 aromatic heterocycles. The number of quaternary nitrogens is 1. The van der Waals surface area contributed by atoms with Gasteiger partial charge in [0.2, 0.25) is 0 Å². The van der Waals surface area contributed by atoms with Crippen LogP contribution in [0.15, 0.2) is 0 Å². The van der Waals surface area contributed by atoms with Gasteiger partial charge in [-0.3, -0.25) is 9.59 Å². The molecule has 0 aliphatic heterocycles. The number of aliphatic carboxylic acids is 1. The molecular weight excluding hydrogens is 779 g/mol. The molecule has 2 unspecified atom stereocenters. The third-order valence-electron chi connectivity index (χ3n) is 12.1. The summed E-state index contributed by atoms with van der Waals surface area (Å²) in [7, 11) is 5.98. The number of nitrogens with zero attached hydrogens (tertiary/aromatic N) is 1. The van der Waals surface area contributed by atoms with Gasteiger partial charge < -0.3 is 28.5 Å². The first-order valence-electron chi connectivity index (χ1n) is 26.7. The molecular formula is C53H104NO8+. The van der Waals surface area contributed by atoms with E-state index in [2.05, 4.69) is 13.8 Å². The van der Waals surface area contributed by atoms with E-state index in [0.29, 0.717) is 17.4 Å². The molecule has 368 valence electrons. The predicted octanol–water partition coefficient (Wildman–Crippen LogP) is 14.8. The standard InChI is InChI=1S/C53H103NO8/c1-6-8-10-12-14-16-18-20-22-24-26-28-30-32-34-36-38-40-42-44-51(56)62-49(48-61-53(52(57)58)59-46-45-54(3,4)5)47-60-50(55)43-41-39-37-35-33-31-29-27-25-23-21-19-17-15-13-11-9-7-2/h49,53H,6-48H2,1-5H3/p+1. The summed E-state index contributed by atoms with van der Waals surface area (Å²) >= 11 is 0. The smallest absolute Gasteiger partial charge is 0.361 e. The molecule has 0 fully saturated rings. The molecule has 9 nitrogen and oxygen atoms in total.